The van der Waals surface area contributed by atoms with Gasteiger partial charge >= 0.3 is 6.18 Å². The number of H-pyrrole nitrogens is 1. The molecule has 0 saturated carbocycles. The molecule has 0 aliphatic carbocycles. The van der Waals surface area contributed by atoms with Gasteiger partial charge in [-0.05, 0) is 41.1 Å². The van der Waals surface area contributed by atoms with Crippen LogP contribution in [0.25, 0.3) is 37.6 Å². The predicted molar refractivity (Wildman–Crippen MR) is 102 cm³/mol. The smallest absolute Gasteiger partial charge is 0.273 e. The fourth-order valence-corrected chi connectivity index (χ4v) is 4.57. The molecule has 5 aromatic rings. The van der Waals surface area contributed by atoms with Crippen LogP contribution in [0.15, 0.2) is 18.6 Å². The maximum atomic E-state index is 13.1. The zero-order valence-corrected chi connectivity index (χ0v) is 16.3. The topological polar surface area (TPSA) is 84.6 Å². The van der Waals surface area contributed by atoms with Crippen molar-refractivity contribution in [2.24, 2.45) is 0 Å². The molecule has 0 aromatic carbocycles. The molecule has 5 heterocycles. The van der Waals surface area contributed by atoms with Crippen molar-refractivity contribution in [3.05, 3.63) is 33.4 Å². The Morgan fingerprint density at radius 1 is 1.26 bits per heavy atom. The lowest BCUT2D eigenvalue weighted by Gasteiger charge is -2.06. The molecule has 0 atom stereocenters. The first kappa shape index (κ1) is 16.8. The second-order valence-electron chi connectivity index (χ2n) is 5.82. The Hall–Kier alpha value is -2.35. The molecule has 5 rings (SSSR count). The van der Waals surface area contributed by atoms with E-state index in [9.17, 15) is 13.2 Å². The summed E-state index contributed by atoms with van der Waals surface area (Å²) >= 11 is 3.24. The molecule has 27 heavy (non-hydrogen) atoms. The SMILES string of the molecule is Cc1cc(C(F)(F)F)nc2sc3c(ncn4nc(-c5[nH]ncc5I)nc34)c12. The van der Waals surface area contributed by atoms with Crippen molar-refractivity contribution < 1.29 is 13.2 Å². The summed E-state index contributed by atoms with van der Waals surface area (Å²) in [5.74, 6) is 0.435. The van der Waals surface area contributed by atoms with E-state index >= 15 is 0 Å². The number of thiophene rings is 1. The normalized spacial score (nSPS) is 12.6. The van der Waals surface area contributed by atoms with Crippen LogP contribution in [-0.2, 0) is 6.18 Å². The predicted octanol–water partition coefficient (Wildman–Crippen LogP) is 4.21. The number of nitrogens with zero attached hydrogens (tertiary/aromatic N) is 6. The van der Waals surface area contributed by atoms with Gasteiger partial charge in [-0.1, -0.05) is 0 Å². The molecular formula is C15H7F3IN7S. The second-order valence-corrected chi connectivity index (χ2v) is 7.98. The van der Waals surface area contributed by atoms with Gasteiger partial charge in [0.25, 0.3) is 0 Å². The van der Waals surface area contributed by atoms with E-state index in [1.165, 1.54) is 10.8 Å². The zero-order chi connectivity index (χ0) is 18.9. The summed E-state index contributed by atoms with van der Waals surface area (Å²) < 4.78 is 42.3. The minimum absolute atomic E-state index is 0.276. The van der Waals surface area contributed by atoms with Gasteiger partial charge in [-0.15, -0.1) is 16.4 Å². The summed E-state index contributed by atoms with van der Waals surface area (Å²) in [6.45, 7) is 1.62. The van der Waals surface area contributed by atoms with Crippen molar-refractivity contribution in [3.8, 4) is 11.5 Å². The zero-order valence-electron chi connectivity index (χ0n) is 13.3. The highest BCUT2D eigenvalue weighted by molar-refractivity contribution is 14.1. The van der Waals surface area contributed by atoms with Gasteiger partial charge in [-0.25, -0.2) is 19.5 Å². The number of rotatable bonds is 1. The lowest BCUT2D eigenvalue weighted by Crippen LogP contribution is -2.07. The molecule has 0 spiro atoms. The lowest BCUT2D eigenvalue weighted by atomic mass is 10.1. The van der Waals surface area contributed by atoms with Crippen LogP contribution < -0.4 is 0 Å². The number of halogens is 4. The van der Waals surface area contributed by atoms with E-state index in [4.69, 9.17) is 0 Å². The summed E-state index contributed by atoms with van der Waals surface area (Å²) in [6, 6.07) is 1.04. The van der Waals surface area contributed by atoms with Gasteiger partial charge in [0.2, 0.25) is 5.82 Å². The Labute approximate surface area is 165 Å². The number of aryl methyl sites for hydroxylation is 1. The van der Waals surface area contributed by atoms with Crippen LogP contribution in [0.3, 0.4) is 0 Å². The van der Waals surface area contributed by atoms with E-state index < -0.39 is 11.9 Å². The number of fused-ring (bicyclic) bond motifs is 5. The van der Waals surface area contributed by atoms with Gasteiger partial charge in [-0.2, -0.15) is 18.3 Å². The molecule has 0 aliphatic rings. The number of nitrogens with one attached hydrogen (secondary N) is 1. The summed E-state index contributed by atoms with van der Waals surface area (Å²) in [5.41, 5.74) is 1.31. The van der Waals surface area contributed by atoms with Gasteiger partial charge in [-0.3, -0.25) is 5.10 Å². The van der Waals surface area contributed by atoms with Crippen molar-refractivity contribution in [1.82, 2.24) is 34.8 Å². The number of hydrogen-bond acceptors (Lipinski definition) is 6. The molecule has 12 heteroatoms. The fourth-order valence-electron chi connectivity index (χ4n) is 2.89. The molecule has 0 unspecified atom stereocenters. The van der Waals surface area contributed by atoms with E-state index in [1.807, 2.05) is 0 Å². The van der Waals surface area contributed by atoms with Crippen LogP contribution in [0.1, 0.15) is 11.3 Å². The number of alkyl halides is 3. The molecule has 0 aliphatic heterocycles. The Kier molecular flexibility index (Phi) is 3.47. The third-order valence-corrected chi connectivity index (χ3v) is 5.96. The van der Waals surface area contributed by atoms with E-state index in [0.717, 1.165) is 21.0 Å². The average molecular weight is 501 g/mol. The summed E-state index contributed by atoms with van der Waals surface area (Å²) in [7, 11) is 0. The van der Waals surface area contributed by atoms with Crippen LogP contribution in [0.5, 0.6) is 0 Å². The number of hydrogen-bond donors (Lipinski definition) is 1. The number of aromatic amines is 1. The maximum absolute atomic E-state index is 13.1. The Bertz CT molecular complexity index is 1350. The van der Waals surface area contributed by atoms with Crippen molar-refractivity contribution in [2.75, 3.05) is 0 Å². The molecule has 5 aromatic heterocycles. The lowest BCUT2D eigenvalue weighted by molar-refractivity contribution is -0.141. The van der Waals surface area contributed by atoms with Crippen molar-refractivity contribution >= 4 is 60.0 Å². The van der Waals surface area contributed by atoms with E-state index in [1.54, 1.807) is 13.1 Å². The second kappa shape index (κ2) is 5.58. The van der Waals surface area contributed by atoms with Crippen molar-refractivity contribution in [1.29, 1.82) is 0 Å². The first-order chi connectivity index (χ1) is 12.8. The van der Waals surface area contributed by atoms with Gasteiger partial charge in [0, 0.05) is 5.39 Å². The van der Waals surface area contributed by atoms with Crippen LogP contribution in [0.2, 0.25) is 0 Å². The van der Waals surface area contributed by atoms with Crippen LogP contribution >= 0.6 is 33.9 Å². The molecule has 0 amide bonds. The summed E-state index contributed by atoms with van der Waals surface area (Å²) in [6.07, 6.45) is -1.35. The minimum atomic E-state index is -4.50. The number of pyridine rings is 1. The van der Waals surface area contributed by atoms with Gasteiger partial charge in [0.05, 0.1) is 15.3 Å². The molecule has 0 saturated heterocycles. The number of aromatic nitrogens is 7. The standard InChI is InChI=1S/C15H7F3IN7S/c1-5-2-7(15(16,17)18)22-14-8(5)10-11(27-14)13-23-12(25-26(13)4-20-10)9-6(19)3-21-24-9/h2-4H,1H3,(H,21,24). The van der Waals surface area contributed by atoms with E-state index in [-0.39, 0.29) is 4.83 Å². The van der Waals surface area contributed by atoms with Crippen LogP contribution in [0.4, 0.5) is 13.2 Å². The quantitative estimate of drug-likeness (QED) is 0.348. The van der Waals surface area contributed by atoms with E-state index in [0.29, 0.717) is 38.3 Å². The Balaban J connectivity index is 1.83. The first-order valence-electron chi connectivity index (χ1n) is 7.54. The molecule has 0 fully saturated rings. The van der Waals surface area contributed by atoms with Crippen LogP contribution in [-0.4, -0.2) is 34.8 Å². The highest BCUT2D eigenvalue weighted by Gasteiger charge is 2.33. The average Bonchev–Trinajstić information content (AvgIpc) is 3.28. The largest absolute Gasteiger partial charge is 0.433 e. The monoisotopic (exact) mass is 501 g/mol. The highest BCUT2D eigenvalue weighted by atomic mass is 127. The maximum Gasteiger partial charge on any atom is 0.433 e. The van der Waals surface area contributed by atoms with Crippen molar-refractivity contribution in [2.45, 2.75) is 13.1 Å². The van der Waals surface area contributed by atoms with E-state index in [2.05, 4.69) is 52.8 Å². The molecule has 0 bridgehead atoms. The molecule has 0 radical (unpaired) electrons. The molecule has 136 valence electrons. The minimum Gasteiger partial charge on any atom is -0.273 e. The van der Waals surface area contributed by atoms with Crippen molar-refractivity contribution in [3.63, 3.8) is 0 Å². The molecule has 1 N–H and O–H groups in total. The summed E-state index contributed by atoms with van der Waals surface area (Å²) in [4.78, 5) is 13.0. The first-order valence-corrected chi connectivity index (χ1v) is 9.44. The van der Waals surface area contributed by atoms with Gasteiger partial charge in [0.15, 0.2) is 5.65 Å². The van der Waals surface area contributed by atoms with Gasteiger partial charge in [0.1, 0.15) is 27.2 Å². The third-order valence-electron chi connectivity index (χ3n) is 4.07. The molecule has 7 nitrogen and oxygen atoms in total. The molecular weight excluding hydrogens is 494 g/mol. The Morgan fingerprint density at radius 2 is 2.07 bits per heavy atom. The fraction of sp³-hybridized carbons (Fsp3) is 0.133. The van der Waals surface area contributed by atoms with Gasteiger partial charge < -0.3 is 0 Å². The highest BCUT2D eigenvalue weighted by Crippen LogP contribution is 2.38. The van der Waals surface area contributed by atoms with Crippen LogP contribution in [0, 0.1) is 10.5 Å². The summed E-state index contributed by atoms with van der Waals surface area (Å²) in [5, 5.41) is 11.8. The Morgan fingerprint density at radius 3 is 2.78 bits per heavy atom. The third kappa shape index (κ3) is 2.50.